The van der Waals surface area contributed by atoms with Gasteiger partial charge in [0, 0.05) is 18.6 Å². The molecule has 0 N–H and O–H groups in total. The Hall–Kier alpha value is -2.16. The number of imidazole rings is 1. The summed E-state index contributed by atoms with van der Waals surface area (Å²) in [6.07, 6.45) is 17.3. The van der Waals surface area contributed by atoms with Gasteiger partial charge in [0.05, 0.1) is 13.1 Å². The molecule has 0 saturated heterocycles. The number of hydrogen-bond donors (Lipinski definition) is 0. The molecule has 3 heteroatoms. The lowest BCUT2D eigenvalue weighted by molar-refractivity contribution is -0.686. The van der Waals surface area contributed by atoms with Gasteiger partial charge in [0.15, 0.2) is 23.8 Å². The van der Waals surface area contributed by atoms with Crippen molar-refractivity contribution >= 4 is 11.0 Å². The average molecular weight is 420 g/mol. The highest BCUT2D eigenvalue weighted by Gasteiger charge is 2.34. The second-order valence-corrected chi connectivity index (χ2v) is 9.43. The van der Waals surface area contributed by atoms with E-state index < -0.39 is 0 Å². The Morgan fingerprint density at radius 3 is 2.32 bits per heavy atom. The van der Waals surface area contributed by atoms with E-state index in [4.69, 9.17) is 0 Å². The molecular weight excluding hydrogens is 378 g/mol. The van der Waals surface area contributed by atoms with Crippen LogP contribution in [-0.2, 0) is 19.6 Å². The number of para-hydroxylation sites is 2. The molecule has 3 aromatic rings. The summed E-state index contributed by atoms with van der Waals surface area (Å²) < 4.78 is 7.64. The summed E-state index contributed by atoms with van der Waals surface area (Å²) in [6, 6.07) is 13.6. The Kier molecular flexibility index (Phi) is 7.77. The van der Waals surface area contributed by atoms with E-state index in [1.165, 1.54) is 98.7 Å². The molecule has 1 aliphatic rings. The number of pyridine rings is 1. The molecular formula is C28H41N3+2. The monoisotopic (exact) mass is 419 g/mol. The molecule has 0 spiro atoms. The molecule has 1 aliphatic heterocycles. The molecule has 3 heterocycles. The molecule has 31 heavy (non-hydrogen) atoms. The van der Waals surface area contributed by atoms with Crippen LogP contribution in [0.25, 0.3) is 22.6 Å². The van der Waals surface area contributed by atoms with E-state index in [1.807, 2.05) is 0 Å². The largest absolute Gasteiger partial charge is 0.355 e. The number of rotatable bonds is 11. The maximum atomic E-state index is 2.61. The molecule has 0 unspecified atom stereocenters. The molecule has 0 atom stereocenters. The molecule has 4 rings (SSSR count). The summed E-state index contributed by atoms with van der Waals surface area (Å²) >= 11 is 0. The minimum absolute atomic E-state index is 1.10. The van der Waals surface area contributed by atoms with Crippen LogP contribution in [-0.4, -0.2) is 4.57 Å². The highest BCUT2D eigenvalue weighted by molar-refractivity contribution is 5.75. The van der Waals surface area contributed by atoms with Crippen molar-refractivity contribution in [3.63, 3.8) is 0 Å². The molecule has 0 aliphatic carbocycles. The fourth-order valence-electron chi connectivity index (χ4n) is 5.20. The number of hydrogen-bond acceptors (Lipinski definition) is 0. The second kappa shape index (κ2) is 10.9. The standard InChI is InChI=1S/C28H41N3/c1-3-4-5-6-7-8-9-10-11-14-20-30-25-16-12-13-17-26(25)31-21-15-19-29-22-18-24(2)23-27(29)28(30)31/h12-13,16-18,22-23H,3-11,14-15,19-21H2,1-2H3/q+2. The first-order valence-electron chi connectivity index (χ1n) is 12.8. The van der Waals surface area contributed by atoms with Crippen LogP contribution in [0.3, 0.4) is 0 Å². The fraction of sp³-hybridized carbons (Fsp3) is 0.571. The van der Waals surface area contributed by atoms with E-state index in [2.05, 4.69) is 70.1 Å². The summed E-state index contributed by atoms with van der Waals surface area (Å²) in [7, 11) is 0. The first-order valence-corrected chi connectivity index (χ1v) is 12.8. The van der Waals surface area contributed by atoms with E-state index >= 15 is 0 Å². The Labute approximate surface area is 188 Å². The normalized spacial score (nSPS) is 13.2. The van der Waals surface area contributed by atoms with Crippen molar-refractivity contribution in [2.24, 2.45) is 0 Å². The highest BCUT2D eigenvalue weighted by Crippen LogP contribution is 2.24. The van der Waals surface area contributed by atoms with Crippen LogP contribution >= 0.6 is 0 Å². The minimum atomic E-state index is 1.10. The van der Waals surface area contributed by atoms with Crippen molar-refractivity contribution in [3.05, 3.63) is 48.2 Å². The maximum absolute atomic E-state index is 2.61. The molecule has 166 valence electrons. The van der Waals surface area contributed by atoms with Crippen LogP contribution in [0.4, 0.5) is 0 Å². The Bertz CT molecular complexity index is 985. The Balaban J connectivity index is 1.45. The van der Waals surface area contributed by atoms with Gasteiger partial charge in [-0.1, -0.05) is 70.4 Å². The Morgan fingerprint density at radius 2 is 1.55 bits per heavy atom. The van der Waals surface area contributed by atoms with Crippen molar-refractivity contribution in [2.75, 3.05) is 0 Å². The van der Waals surface area contributed by atoms with Gasteiger partial charge in [0.1, 0.15) is 0 Å². The topological polar surface area (TPSA) is 12.7 Å². The summed E-state index contributed by atoms with van der Waals surface area (Å²) in [5.41, 5.74) is 5.50. The van der Waals surface area contributed by atoms with Crippen LogP contribution < -0.4 is 9.13 Å². The minimum Gasteiger partial charge on any atom is -0.218 e. The molecule has 1 aromatic carbocycles. The molecule has 3 nitrogen and oxygen atoms in total. The van der Waals surface area contributed by atoms with Crippen molar-refractivity contribution in [3.8, 4) is 11.5 Å². The van der Waals surface area contributed by atoms with Gasteiger partial charge in [0.2, 0.25) is 0 Å². The number of fused-ring (bicyclic) bond motifs is 5. The third kappa shape index (κ3) is 5.19. The van der Waals surface area contributed by atoms with Gasteiger partial charge < -0.3 is 0 Å². The third-order valence-electron chi connectivity index (χ3n) is 6.91. The zero-order valence-electron chi connectivity index (χ0n) is 19.8. The van der Waals surface area contributed by atoms with Gasteiger partial charge in [-0.2, -0.15) is 4.57 Å². The first kappa shape index (κ1) is 22.0. The van der Waals surface area contributed by atoms with E-state index in [0.717, 1.165) is 19.6 Å². The Morgan fingerprint density at radius 1 is 0.839 bits per heavy atom. The zero-order chi connectivity index (χ0) is 21.5. The third-order valence-corrected chi connectivity index (χ3v) is 6.91. The van der Waals surface area contributed by atoms with Crippen molar-refractivity contribution in [1.29, 1.82) is 0 Å². The summed E-state index contributed by atoms with van der Waals surface area (Å²) in [5.74, 6) is 1.40. The molecule has 0 radical (unpaired) electrons. The van der Waals surface area contributed by atoms with Gasteiger partial charge in [-0.15, -0.1) is 0 Å². The summed E-state index contributed by atoms with van der Waals surface area (Å²) in [6.45, 7) is 7.83. The zero-order valence-corrected chi connectivity index (χ0v) is 19.8. The lowest BCUT2D eigenvalue weighted by atomic mass is 10.1. The van der Waals surface area contributed by atoms with Crippen LogP contribution in [0, 0.1) is 6.92 Å². The predicted molar refractivity (Wildman–Crippen MR) is 129 cm³/mol. The smallest absolute Gasteiger partial charge is 0.218 e. The number of unbranched alkanes of at least 4 members (excludes halogenated alkanes) is 9. The highest BCUT2D eigenvalue weighted by atomic mass is 15.2. The predicted octanol–water partition coefficient (Wildman–Crippen LogP) is 6.52. The van der Waals surface area contributed by atoms with Crippen LogP contribution in [0.15, 0.2) is 42.6 Å². The molecule has 2 aromatic heterocycles. The van der Waals surface area contributed by atoms with Crippen molar-refractivity contribution in [1.82, 2.24) is 4.57 Å². The van der Waals surface area contributed by atoms with Gasteiger partial charge >= 0.3 is 5.82 Å². The molecule has 0 bridgehead atoms. The van der Waals surface area contributed by atoms with Gasteiger partial charge in [-0.3, -0.25) is 0 Å². The van der Waals surface area contributed by atoms with Crippen LogP contribution in [0.2, 0.25) is 0 Å². The number of aromatic nitrogens is 3. The lowest BCUT2D eigenvalue weighted by Crippen LogP contribution is -2.37. The average Bonchev–Trinajstić information content (AvgIpc) is 2.97. The van der Waals surface area contributed by atoms with Crippen molar-refractivity contribution < 1.29 is 9.13 Å². The number of benzene rings is 1. The maximum Gasteiger partial charge on any atom is 0.355 e. The summed E-state index contributed by atoms with van der Waals surface area (Å²) in [4.78, 5) is 0. The number of aryl methyl sites for hydroxylation is 4. The van der Waals surface area contributed by atoms with Gasteiger partial charge in [-0.25, -0.2) is 9.13 Å². The van der Waals surface area contributed by atoms with E-state index in [0.29, 0.717) is 0 Å². The molecule has 0 saturated carbocycles. The quantitative estimate of drug-likeness (QED) is 0.248. The van der Waals surface area contributed by atoms with Gasteiger partial charge in [-0.05, 0) is 37.5 Å². The first-order chi connectivity index (χ1) is 15.3. The lowest BCUT2D eigenvalue weighted by Gasteiger charge is -2.04. The van der Waals surface area contributed by atoms with Gasteiger partial charge in [0.25, 0.3) is 5.69 Å². The van der Waals surface area contributed by atoms with Crippen LogP contribution in [0.5, 0.6) is 0 Å². The van der Waals surface area contributed by atoms with Crippen molar-refractivity contribution in [2.45, 2.75) is 104 Å². The van der Waals surface area contributed by atoms with E-state index in [-0.39, 0.29) is 0 Å². The fourth-order valence-corrected chi connectivity index (χ4v) is 5.20. The molecule has 0 amide bonds. The van der Waals surface area contributed by atoms with E-state index in [9.17, 15) is 0 Å². The summed E-state index contributed by atoms with van der Waals surface area (Å²) in [5, 5.41) is 0. The SMILES string of the molecule is CCCCCCCCCCCCn1c2[n+](c3ccccc31)CCC[n+]1ccc(C)cc1-2. The molecule has 0 fully saturated rings. The number of nitrogens with zero attached hydrogens (tertiary/aromatic N) is 3. The van der Waals surface area contributed by atoms with E-state index in [1.54, 1.807) is 0 Å². The second-order valence-electron chi connectivity index (χ2n) is 9.43. The van der Waals surface area contributed by atoms with Crippen LogP contribution in [0.1, 0.15) is 83.1 Å².